The molecule has 1 aliphatic rings. The highest BCUT2D eigenvalue weighted by atomic mass is 19.1. The van der Waals surface area contributed by atoms with E-state index in [-0.39, 0.29) is 5.56 Å². The zero-order chi connectivity index (χ0) is 14.9. The molecule has 0 radical (unpaired) electrons. The van der Waals surface area contributed by atoms with E-state index in [0.29, 0.717) is 6.54 Å². The molecule has 1 aromatic heterocycles. The Bertz CT molecular complexity index is 528. The first-order chi connectivity index (χ1) is 9.33. The molecule has 0 aliphatic carbocycles. The molecular weight excluding hydrogens is 263 g/mol. The monoisotopic (exact) mass is 280 g/mol. The van der Waals surface area contributed by atoms with Gasteiger partial charge in [-0.05, 0) is 30.4 Å². The van der Waals surface area contributed by atoms with Crippen molar-refractivity contribution in [2.75, 3.05) is 6.54 Å². The number of nitrogens with zero attached hydrogens (tertiary/aromatic N) is 2. The number of carbonyl (C=O) groups excluding carboxylic acids is 1. The summed E-state index contributed by atoms with van der Waals surface area (Å²) in [4.78, 5) is 28.7. The van der Waals surface area contributed by atoms with Crippen LogP contribution in [0.25, 0.3) is 0 Å². The van der Waals surface area contributed by atoms with Crippen LogP contribution in [0.5, 0.6) is 0 Å². The van der Waals surface area contributed by atoms with Gasteiger partial charge in [-0.1, -0.05) is 13.8 Å². The second kappa shape index (κ2) is 5.19. The first-order valence-corrected chi connectivity index (χ1v) is 6.48. The van der Waals surface area contributed by atoms with Crippen LogP contribution in [0, 0.1) is 11.4 Å². The van der Waals surface area contributed by atoms with Crippen LogP contribution in [0.3, 0.4) is 0 Å². The molecule has 1 atom stereocenters. The van der Waals surface area contributed by atoms with E-state index in [9.17, 15) is 19.1 Å². The number of likely N-dealkylation sites (tertiary alicyclic amines) is 1. The Hall–Kier alpha value is -1.98. The molecule has 1 amide bonds. The lowest BCUT2D eigenvalue weighted by molar-refractivity contribution is -0.148. The molecule has 0 saturated carbocycles. The zero-order valence-corrected chi connectivity index (χ0v) is 11.5. The van der Waals surface area contributed by atoms with Crippen LogP contribution in [0.2, 0.25) is 0 Å². The van der Waals surface area contributed by atoms with Gasteiger partial charge in [0.25, 0.3) is 5.91 Å². The highest BCUT2D eigenvalue weighted by Crippen LogP contribution is 2.35. The minimum Gasteiger partial charge on any atom is -0.480 e. The number of amides is 1. The lowest BCUT2D eigenvalue weighted by Crippen LogP contribution is -2.56. The standard InChI is InChI=1S/C14H17FN2O3/c1-14(2)6-3-7-17(11(14)13(19)20)12(18)9-4-5-10(15)16-8-9/h4-5,8,11H,3,6-7H2,1-2H3,(H,19,20). The van der Waals surface area contributed by atoms with Crippen molar-refractivity contribution in [2.24, 2.45) is 5.41 Å². The number of aromatic nitrogens is 1. The maximum absolute atomic E-state index is 12.8. The number of pyridine rings is 1. The highest BCUT2D eigenvalue weighted by molar-refractivity contribution is 5.96. The van der Waals surface area contributed by atoms with E-state index >= 15 is 0 Å². The molecule has 1 N–H and O–H groups in total. The third-order valence-corrected chi connectivity index (χ3v) is 3.74. The van der Waals surface area contributed by atoms with Crippen LogP contribution in [0.4, 0.5) is 4.39 Å². The minimum atomic E-state index is -1.02. The van der Waals surface area contributed by atoms with Crippen LogP contribution in [-0.4, -0.2) is 39.5 Å². The summed E-state index contributed by atoms with van der Waals surface area (Å²) in [5.74, 6) is -2.11. The number of aliphatic carboxylic acids is 1. The predicted molar refractivity (Wildman–Crippen MR) is 69.7 cm³/mol. The maximum atomic E-state index is 12.8. The van der Waals surface area contributed by atoms with Gasteiger partial charge in [0.15, 0.2) is 0 Å². The summed E-state index contributed by atoms with van der Waals surface area (Å²) in [5, 5.41) is 9.41. The molecule has 108 valence electrons. The van der Waals surface area contributed by atoms with Gasteiger partial charge in [-0.3, -0.25) is 4.79 Å². The summed E-state index contributed by atoms with van der Waals surface area (Å²) in [7, 11) is 0. The number of rotatable bonds is 2. The molecule has 1 aliphatic heterocycles. The van der Waals surface area contributed by atoms with Crippen LogP contribution >= 0.6 is 0 Å². The van der Waals surface area contributed by atoms with Crippen molar-refractivity contribution in [1.82, 2.24) is 9.88 Å². The third-order valence-electron chi connectivity index (χ3n) is 3.74. The number of carboxylic acids is 1. The number of carbonyl (C=O) groups is 2. The van der Waals surface area contributed by atoms with Gasteiger partial charge < -0.3 is 10.0 Å². The fraction of sp³-hybridized carbons (Fsp3) is 0.500. The molecule has 1 fully saturated rings. The van der Waals surface area contributed by atoms with Crippen molar-refractivity contribution in [3.63, 3.8) is 0 Å². The van der Waals surface area contributed by atoms with Crippen molar-refractivity contribution < 1.29 is 19.1 Å². The van der Waals surface area contributed by atoms with E-state index < -0.39 is 29.3 Å². The second-order valence-corrected chi connectivity index (χ2v) is 5.70. The lowest BCUT2D eigenvalue weighted by Gasteiger charge is -2.43. The molecule has 1 aromatic rings. The molecule has 6 heteroatoms. The summed E-state index contributed by atoms with van der Waals surface area (Å²) < 4.78 is 12.8. The molecular formula is C14H17FN2O3. The number of halogens is 1. The van der Waals surface area contributed by atoms with Gasteiger partial charge >= 0.3 is 5.97 Å². The topological polar surface area (TPSA) is 70.5 Å². The van der Waals surface area contributed by atoms with Crippen LogP contribution in [0.15, 0.2) is 18.3 Å². The van der Waals surface area contributed by atoms with Crippen molar-refractivity contribution in [2.45, 2.75) is 32.7 Å². The molecule has 1 unspecified atom stereocenters. The summed E-state index contributed by atoms with van der Waals surface area (Å²) >= 11 is 0. The van der Waals surface area contributed by atoms with E-state index in [0.717, 1.165) is 25.1 Å². The number of carboxylic acid groups (broad SMARTS) is 1. The number of hydrogen-bond acceptors (Lipinski definition) is 3. The van der Waals surface area contributed by atoms with E-state index in [4.69, 9.17) is 0 Å². The molecule has 20 heavy (non-hydrogen) atoms. The van der Waals surface area contributed by atoms with Crippen LogP contribution in [0.1, 0.15) is 37.0 Å². The maximum Gasteiger partial charge on any atom is 0.326 e. The molecule has 2 rings (SSSR count). The van der Waals surface area contributed by atoms with Gasteiger partial charge in [0, 0.05) is 12.7 Å². The van der Waals surface area contributed by atoms with Crippen molar-refractivity contribution in [3.05, 3.63) is 29.8 Å². The smallest absolute Gasteiger partial charge is 0.326 e. The third kappa shape index (κ3) is 2.64. The van der Waals surface area contributed by atoms with Gasteiger partial charge in [-0.25, -0.2) is 9.78 Å². The number of piperidine rings is 1. The zero-order valence-electron chi connectivity index (χ0n) is 11.5. The lowest BCUT2D eigenvalue weighted by atomic mass is 9.76. The highest BCUT2D eigenvalue weighted by Gasteiger charge is 2.44. The normalized spacial score (nSPS) is 21.6. The average Bonchev–Trinajstić information content (AvgIpc) is 2.36. The summed E-state index contributed by atoms with van der Waals surface area (Å²) in [6.45, 7) is 4.07. The van der Waals surface area contributed by atoms with Gasteiger partial charge in [-0.15, -0.1) is 0 Å². The van der Waals surface area contributed by atoms with Crippen LogP contribution in [-0.2, 0) is 4.79 Å². The average molecular weight is 280 g/mol. The molecule has 0 aromatic carbocycles. The molecule has 0 bridgehead atoms. The summed E-state index contributed by atoms with van der Waals surface area (Å²) in [5.41, 5.74) is -0.289. The van der Waals surface area contributed by atoms with E-state index in [1.807, 2.05) is 13.8 Å². The van der Waals surface area contributed by atoms with Gasteiger partial charge in [0.1, 0.15) is 6.04 Å². The SMILES string of the molecule is CC1(C)CCCN(C(=O)c2ccc(F)nc2)C1C(=O)O. The van der Waals surface area contributed by atoms with Gasteiger partial charge in [-0.2, -0.15) is 4.39 Å². The quantitative estimate of drug-likeness (QED) is 0.840. The molecule has 1 saturated heterocycles. The van der Waals surface area contributed by atoms with Crippen molar-refractivity contribution in [1.29, 1.82) is 0 Å². The molecule has 2 heterocycles. The Morgan fingerprint density at radius 3 is 2.70 bits per heavy atom. The summed E-state index contributed by atoms with van der Waals surface area (Å²) in [6, 6.07) is 1.54. The van der Waals surface area contributed by atoms with E-state index in [1.54, 1.807) is 0 Å². The van der Waals surface area contributed by atoms with Gasteiger partial charge in [0.05, 0.1) is 5.56 Å². The fourth-order valence-electron chi connectivity index (χ4n) is 2.75. The summed E-state index contributed by atoms with van der Waals surface area (Å²) in [6.07, 6.45) is 2.63. The van der Waals surface area contributed by atoms with Crippen molar-refractivity contribution in [3.8, 4) is 0 Å². The van der Waals surface area contributed by atoms with E-state index in [2.05, 4.69) is 4.98 Å². The largest absolute Gasteiger partial charge is 0.480 e. The Morgan fingerprint density at radius 1 is 1.45 bits per heavy atom. The second-order valence-electron chi connectivity index (χ2n) is 5.70. The Morgan fingerprint density at radius 2 is 2.15 bits per heavy atom. The Balaban J connectivity index is 2.31. The molecule has 5 nitrogen and oxygen atoms in total. The van der Waals surface area contributed by atoms with Gasteiger partial charge in [0.2, 0.25) is 5.95 Å². The molecule has 0 spiro atoms. The fourth-order valence-corrected chi connectivity index (χ4v) is 2.75. The first-order valence-electron chi connectivity index (χ1n) is 6.48. The first kappa shape index (κ1) is 14.4. The predicted octanol–water partition coefficient (Wildman–Crippen LogP) is 1.94. The number of hydrogen-bond donors (Lipinski definition) is 1. The van der Waals surface area contributed by atoms with E-state index in [1.165, 1.54) is 11.0 Å². The van der Waals surface area contributed by atoms with Crippen LogP contribution < -0.4 is 0 Å². The Labute approximate surface area is 116 Å². The van der Waals surface area contributed by atoms with Crippen molar-refractivity contribution >= 4 is 11.9 Å². The Kier molecular flexibility index (Phi) is 3.74. The minimum absolute atomic E-state index is 0.204.